The van der Waals surface area contributed by atoms with E-state index in [1.165, 1.54) is 18.2 Å². The van der Waals surface area contributed by atoms with Crippen molar-refractivity contribution in [3.63, 3.8) is 0 Å². The number of esters is 1. The molecule has 0 atom stereocenters. The van der Waals surface area contributed by atoms with Crippen molar-refractivity contribution in [2.75, 3.05) is 0 Å². The number of carbonyl (C=O) groups excluding carboxylic acids is 1. The molecule has 0 aliphatic carbocycles. The molecule has 3 nitrogen and oxygen atoms in total. The quantitative estimate of drug-likeness (QED) is 0.625. The second-order valence-corrected chi connectivity index (χ2v) is 4.74. The summed E-state index contributed by atoms with van der Waals surface area (Å²) >= 11 is 6.02. The average molecular weight is 302 g/mol. The van der Waals surface area contributed by atoms with Gasteiger partial charge in [0.25, 0.3) is 0 Å². The Hall–Kier alpha value is -2.46. The monoisotopic (exact) mass is 301 g/mol. The molecule has 0 spiro atoms. The van der Waals surface area contributed by atoms with Crippen molar-refractivity contribution in [2.45, 2.75) is 0 Å². The van der Waals surface area contributed by atoms with Crippen LogP contribution < -0.4 is 0 Å². The van der Waals surface area contributed by atoms with Crippen LogP contribution in [0.1, 0.15) is 11.1 Å². The summed E-state index contributed by atoms with van der Waals surface area (Å²) in [7, 11) is 0. The first kappa shape index (κ1) is 13.5. The normalized spacial score (nSPS) is 16.0. The van der Waals surface area contributed by atoms with Crippen molar-refractivity contribution in [2.24, 2.45) is 4.99 Å². The summed E-state index contributed by atoms with van der Waals surface area (Å²) in [4.78, 5) is 15.9. The molecule has 1 aliphatic rings. The number of rotatable bonds is 2. The maximum absolute atomic E-state index is 13.7. The third-order valence-electron chi connectivity index (χ3n) is 2.92. The molecule has 0 amide bonds. The van der Waals surface area contributed by atoms with Gasteiger partial charge in [-0.05, 0) is 29.8 Å². The van der Waals surface area contributed by atoms with Crippen molar-refractivity contribution < 1.29 is 13.9 Å². The van der Waals surface area contributed by atoms with Crippen LogP contribution in [0.2, 0.25) is 5.02 Å². The molecule has 5 heteroatoms. The predicted octanol–water partition coefficient (Wildman–Crippen LogP) is 3.82. The maximum Gasteiger partial charge on any atom is 0.363 e. The van der Waals surface area contributed by atoms with Gasteiger partial charge in [0.1, 0.15) is 5.82 Å². The summed E-state index contributed by atoms with van der Waals surface area (Å²) < 4.78 is 18.7. The molecule has 104 valence electrons. The van der Waals surface area contributed by atoms with Gasteiger partial charge >= 0.3 is 5.97 Å². The summed E-state index contributed by atoms with van der Waals surface area (Å²) in [6, 6.07) is 13.0. The third-order valence-corrected chi connectivity index (χ3v) is 3.27. The van der Waals surface area contributed by atoms with Crippen LogP contribution in [-0.4, -0.2) is 11.9 Å². The number of hydrogen-bond donors (Lipinski definition) is 0. The molecule has 2 aromatic carbocycles. The van der Waals surface area contributed by atoms with Crippen LogP contribution in [0.15, 0.2) is 59.2 Å². The summed E-state index contributed by atoms with van der Waals surface area (Å²) in [6.07, 6.45) is 1.51. The summed E-state index contributed by atoms with van der Waals surface area (Å²) in [5.41, 5.74) is 0.874. The molecule has 0 saturated carbocycles. The molecule has 2 aromatic rings. The summed E-state index contributed by atoms with van der Waals surface area (Å²) in [5, 5.41) is 0.493. The van der Waals surface area contributed by atoms with Gasteiger partial charge in [-0.15, -0.1) is 0 Å². The van der Waals surface area contributed by atoms with Crippen molar-refractivity contribution >= 4 is 29.5 Å². The number of hydrogen-bond acceptors (Lipinski definition) is 3. The minimum atomic E-state index is -0.631. The topological polar surface area (TPSA) is 38.7 Å². The van der Waals surface area contributed by atoms with Crippen LogP contribution in [-0.2, 0) is 9.53 Å². The van der Waals surface area contributed by atoms with Gasteiger partial charge in [-0.2, -0.15) is 0 Å². The van der Waals surface area contributed by atoms with E-state index in [1.54, 1.807) is 36.4 Å². The molecule has 21 heavy (non-hydrogen) atoms. The molecular weight excluding hydrogens is 293 g/mol. The standard InChI is InChI=1S/C16H9ClFNO2/c17-12-7-3-1-5-10(12)9-14-16(20)21-15(19-14)11-6-2-4-8-13(11)18/h1-9H/b14-9-. The minimum Gasteiger partial charge on any atom is -0.402 e. The Kier molecular flexibility index (Phi) is 3.54. The smallest absolute Gasteiger partial charge is 0.363 e. The molecule has 1 aliphatic heterocycles. The number of ether oxygens (including phenoxy) is 1. The highest BCUT2D eigenvalue weighted by atomic mass is 35.5. The SMILES string of the molecule is O=C1OC(c2ccccc2F)=N/C1=C\c1ccccc1Cl. The Bertz CT molecular complexity index is 783. The van der Waals surface area contributed by atoms with Crippen LogP contribution in [0, 0.1) is 5.82 Å². The lowest BCUT2D eigenvalue weighted by Crippen LogP contribution is -2.07. The van der Waals surface area contributed by atoms with E-state index in [4.69, 9.17) is 16.3 Å². The van der Waals surface area contributed by atoms with Crippen molar-refractivity contribution in [1.29, 1.82) is 0 Å². The van der Waals surface area contributed by atoms with Gasteiger partial charge < -0.3 is 4.74 Å². The van der Waals surface area contributed by atoms with E-state index in [0.717, 1.165) is 0 Å². The summed E-state index contributed by atoms with van der Waals surface area (Å²) in [5.74, 6) is -1.17. The van der Waals surface area contributed by atoms with Crippen LogP contribution in [0.5, 0.6) is 0 Å². The lowest BCUT2D eigenvalue weighted by Gasteiger charge is -1.99. The van der Waals surface area contributed by atoms with Crippen LogP contribution in [0.4, 0.5) is 4.39 Å². The first-order valence-corrected chi connectivity index (χ1v) is 6.55. The fourth-order valence-corrected chi connectivity index (χ4v) is 2.09. The predicted molar refractivity (Wildman–Crippen MR) is 78.5 cm³/mol. The zero-order valence-electron chi connectivity index (χ0n) is 10.7. The second kappa shape index (κ2) is 5.50. The molecule has 0 fully saturated rings. The van der Waals surface area contributed by atoms with Crippen molar-refractivity contribution in [3.8, 4) is 0 Å². The highest BCUT2D eigenvalue weighted by molar-refractivity contribution is 6.32. The Morgan fingerprint density at radius 2 is 1.81 bits per heavy atom. The zero-order chi connectivity index (χ0) is 14.8. The molecule has 0 N–H and O–H groups in total. The van der Waals surface area contributed by atoms with E-state index in [1.807, 2.05) is 0 Å². The van der Waals surface area contributed by atoms with Gasteiger partial charge in [0.15, 0.2) is 5.70 Å². The number of carbonyl (C=O) groups is 1. The van der Waals surface area contributed by atoms with Gasteiger partial charge in [-0.25, -0.2) is 14.2 Å². The number of halogens is 2. The van der Waals surface area contributed by atoms with E-state index in [-0.39, 0.29) is 17.2 Å². The van der Waals surface area contributed by atoms with Gasteiger partial charge in [-0.3, -0.25) is 0 Å². The molecular formula is C16H9ClFNO2. The van der Waals surface area contributed by atoms with E-state index in [9.17, 15) is 9.18 Å². The van der Waals surface area contributed by atoms with E-state index >= 15 is 0 Å². The Labute approximate surface area is 125 Å². The van der Waals surface area contributed by atoms with Crippen molar-refractivity contribution in [3.05, 3.63) is 76.2 Å². The van der Waals surface area contributed by atoms with Crippen molar-refractivity contribution in [1.82, 2.24) is 0 Å². The van der Waals surface area contributed by atoms with Crippen LogP contribution >= 0.6 is 11.6 Å². The van der Waals surface area contributed by atoms with Gasteiger partial charge in [-0.1, -0.05) is 41.9 Å². The number of aliphatic imine (C=N–C) groups is 1. The fraction of sp³-hybridized carbons (Fsp3) is 0. The van der Waals surface area contributed by atoms with Gasteiger partial charge in [0.2, 0.25) is 5.90 Å². The summed E-state index contributed by atoms with van der Waals surface area (Å²) in [6.45, 7) is 0. The van der Waals surface area contributed by atoms with E-state index in [2.05, 4.69) is 4.99 Å². The van der Waals surface area contributed by atoms with Gasteiger partial charge in [0, 0.05) is 5.02 Å². The average Bonchev–Trinajstić information content (AvgIpc) is 2.83. The molecule has 1 heterocycles. The highest BCUT2D eigenvalue weighted by Crippen LogP contribution is 2.23. The molecule has 0 saturated heterocycles. The number of nitrogens with zero attached hydrogens (tertiary/aromatic N) is 1. The molecule has 0 radical (unpaired) electrons. The lowest BCUT2D eigenvalue weighted by molar-refractivity contribution is -0.129. The molecule has 0 aromatic heterocycles. The maximum atomic E-state index is 13.7. The van der Waals surface area contributed by atoms with Crippen LogP contribution in [0.25, 0.3) is 6.08 Å². The lowest BCUT2D eigenvalue weighted by atomic mass is 10.2. The first-order valence-electron chi connectivity index (χ1n) is 6.17. The Balaban J connectivity index is 2.00. The Morgan fingerprint density at radius 3 is 2.57 bits per heavy atom. The second-order valence-electron chi connectivity index (χ2n) is 4.34. The number of benzene rings is 2. The zero-order valence-corrected chi connectivity index (χ0v) is 11.5. The molecule has 0 bridgehead atoms. The van der Waals surface area contributed by atoms with E-state index in [0.29, 0.717) is 10.6 Å². The molecule has 3 rings (SSSR count). The number of cyclic esters (lactones) is 1. The van der Waals surface area contributed by atoms with Gasteiger partial charge in [0.05, 0.1) is 5.56 Å². The fourth-order valence-electron chi connectivity index (χ4n) is 1.90. The third kappa shape index (κ3) is 2.71. The van der Waals surface area contributed by atoms with E-state index < -0.39 is 11.8 Å². The first-order chi connectivity index (χ1) is 10.1. The van der Waals surface area contributed by atoms with Crippen LogP contribution in [0.3, 0.4) is 0 Å². The largest absolute Gasteiger partial charge is 0.402 e. The Morgan fingerprint density at radius 1 is 1.10 bits per heavy atom. The minimum absolute atomic E-state index is 0.0450. The molecule has 0 unspecified atom stereocenters. The highest BCUT2D eigenvalue weighted by Gasteiger charge is 2.25.